The van der Waals surface area contributed by atoms with Crippen molar-refractivity contribution < 1.29 is 23.0 Å². The van der Waals surface area contributed by atoms with E-state index in [4.69, 9.17) is 4.74 Å². The Morgan fingerprint density at radius 3 is 2.69 bits per heavy atom. The Morgan fingerprint density at radius 2 is 1.92 bits per heavy atom. The van der Waals surface area contributed by atoms with Crippen LogP contribution in [0.15, 0.2) is 53.3 Å². The van der Waals surface area contributed by atoms with Gasteiger partial charge < -0.3 is 14.5 Å². The number of esters is 1. The van der Waals surface area contributed by atoms with Crippen molar-refractivity contribution in [2.45, 2.75) is 19.6 Å². The largest absolute Gasteiger partial charge is 0.451 e. The Labute approximate surface area is 146 Å². The molecule has 1 aromatic heterocycles. The van der Waals surface area contributed by atoms with Crippen LogP contribution in [0.2, 0.25) is 0 Å². The zero-order chi connectivity index (χ0) is 18.7. The highest BCUT2D eigenvalue weighted by atomic mass is 19.3. The first-order valence-corrected chi connectivity index (χ1v) is 7.69. The van der Waals surface area contributed by atoms with Crippen LogP contribution in [0, 0.1) is 0 Å². The number of carbonyl (C=O) groups is 1. The molecule has 0 amide bonds. The van der Waals surface area contributed by atoms with Crippen LogP contribution in [-0.2, 0) is 4.74 Å². The van der Waals surface area contributed by atoms with E-state index in [2.05, 4.69) is 14.7 Å². The van der Waals surface area contributed by atoms with Gasteiger partial charge in [0.05, 0.1) is 16.5 Å². The number of alkyl halides is 2. The molecule has 0 aliphatic heterocycles. The zero-order valence-corrected chi connectivity index (χ0v) is 13.6. The summed E-state index contributed by atoms with van der Waals surface area (Å²) >= 11 is 0. The molecule has 3 aromatic rings. The second-order valence-electron chi connectivity index (χ2n) is 5.42. The van der Waals surface area contributed by atoms with E-state index >= 15 is 0 Å². The fourth-order valence-corrected chi connectivity index (χ4v) is 2.38. The van der Waals surface area contributed by atoms with Crippen molar-refractivity contribution in [1.82, 2.24) is 9.97 Å². The number of aromatic amines is 1. The molecule has 1 atom stereocenters. The van der Waals surface area contributed by atoms with Crippen LogP contribution in [0.1, 0.15) is 29.2 Å². The number of aromatic nitrogens is 2. The average molecular weight is 360 g/mol. The molecule has 6 nitrogen and oxygen atoms in total. The van der Waals surface area contributed by atoms with Gasteiger partial charge in [-0.15, -0.1) is 0 Å². The van der Waals surface area contributed by atoms with Crippen molar-refractivity contribution in [2.75, 3.05) is 0 Å². The lowest BCUT2D eigenvalue weighted by molar-refractivity contribution is -0.0499. The maximum absolute atomic E-state index is 12.3. The maximum atomic E-state index is 12.3. The lowest BCUT2D eigenvalue weighted by Gasteiger charge is -2.13. The number of hydrogen-bond acceptors (Lipinski definition) is 5. The number of para-hydroxylation sites is 1. The first-order valence-electron chi connectivity index (χ1n) is 7.69. The monoisotopic (exact) mass is 360 g/mol. The second kappa shape index (κ2) is 7.30. The van der Waals surface area contributed by atoms with Crippen LogP contribution >= 0.6 is 0 Å². The van der Waals surface area contributed by atoms with Crippen LogP contribution < -0.4 is 10.3 Å². The third-order valence-corrected chi connectivity index (χ3v) is 3.59. The zero-order valence-electron chi connectivity index (χ0n) is 13.6. The van der Waals surface area contributed by atoms with Crippen LogP contribution in [0.3, 0.4) is 0 Å². The van der Waals surface area contributed by atoms with Gasteiger partial charge in [0.2, 0.25) is 0 Å². The molecule has 26 heavy (non-hydrogen) atoms. The molecule has 0 radical (unpaired) electrons. The molecule has 0 aliphatic rings. The van der Waals surface area contributed by atoms with E-state index in [1.165, 1.54) is 18.2 Å². The van der Waals surface area contributed by atoms with E-state index in [0.29, 0.717) is 10.9 Å². The number of hydrogen-bond donors (Lipinski definition) is 1. The minimum Gasteiger partial charge on any atom is -0.451 e. The van der Waals surface area contributed by atoms with Crippen molar-refractivity contribution >= 4 is 16.9 Å². The highest BCUT2D eigenvalue weighted by Crippen LogP contribution is 2.20. The lowest BCUT2D eigenvalue weighted by atomic mass is 10.2. The fraction of sp³-hybridized carbons (Fsp3) is 0.167. The van der Waals surface area contributed by atoms with Gasteiger partial charge in [0, 0.05) is 0 Å². The highest BCUT2D eigenvalue weighted by Gasteiger charge is 2.18. The quantitative estimate of drug-likeness (QED) is 0.705. The summed E-state index contributed by atoms with van der Waals surface area (Å²) < 4.78 is 34.1. The summed E-state index contributed by atoms with van der Waals surface area (Å²) in [4.78, 5) is 31.2. The standard InChI is InChI=1S/C18H14F2N2O4/c1-10(15-21-14-8-3-2-7-13(14)16(23)22-15)25-17(24)11-5-4-6-12(9-11)26-18(19)20/h2-10,18H,1H3,(H,21,22,23). The van der Waals surface area contributed by atoms with E-state index in [1.807, 2.05) is 0 Å². The van der Waals surface area contributed by atoms with Crippen LogP contribution in [0.4, 0.5) is 8.78 Å². The third kappa shape index (κ3) is 3.85. The normalized spacial score (nSPS) is 12.2. The van der Waals surface area contributed by atoms with Crippen LogP contribution in [0.25, 0.3) is 10.9 Å². The molecule has 1 heterocycles. The number of fused-ring (bicyclic) bond motifs is 1. The summed E-state index contributed by atoms with van der Waals surface area (Å²) in [5.41, 5.74) is 0.167. The number of rotatable bonds is 5. The lowest BCUT2D eigenvalue weighted by Crippen LogP contribution is -2.17. The number of carbonyl (C=O) groups excluding carboxylic acids is 1. The van der Waals surface area contributed by atoms with E-state index in [1.54, 1.807) is 31.2 Å². The number of H-pyrrole nitrogens is 1. The fourth-order valence-electron chi connectivity index (χ4n) is 2.38. The van der Waals surface area contributed by atoms with Gasteiger partial charge in [-0.05, 0) is 37.3 Å². The Balaban J connectivity index is 1.80. The number of benzene rings is 2. The van der Waals surface area contributed by atoms with Gasteiger partial charge in [-0.25, -0.2) is 9.78 Å². The van der Waals surface area contributed by atoms with Gasteiger partial charge in [-0.3, -0.25) is 4.79 Å². The number of ether oxygens (including phenoxy) is 2. The Kier molecular flexibility index (Phi) is 4.92. The molecule has 0 spiro atoms. The molecule has 134 valence electrons. The second-order valence-corrected chi connectivity index (χ2v) is 5.42. The third-order valence-electron chi connectivity index (χ3n) is 3.59. The summed E-state index contributed by atoms with van der Waals surface area (Å²) in [6.45, 7) is -1.45. The molecule has 0 aliphatic carbocycles. The van der Waals surface area contributed by atoms with E-state index in [-0.39, 0.29) is 22.7 Å². The topological polar surface area (TPSA) is 81.3 Å². The average Bonchev–Trinajstić information content (AvgIpc) is 2.61. The molecular weight excluding hydrogens is 346 g/mol. The molecule has 1 unspecified atom stereocenters. The van der Waals surface area contributed by atoms with Crippen molar-refractivity contribution in [3.05, 3.63) is 70.3 Å². The summed E-state index contributed by atoms with van der Waals surface area (Å²) in [7, 11) is 0. The predicted molar refractivity (Wildman–Crippen MR) is 89.3 cm³/mol. The van der Waals surface area contributed by atoms with Gasteiger partial charge in [0.15, 0.2) is 11.9 Å². The highest BCUT2D eigenvalue weighted by molar-refractivity contribution is 5.90. The van der Waals surface area contributed by atoms with Crippen molar-refractivity contribution in [3.63, 3.8) is 0 Å². The van der Waals surface area contributed by atoms with Crippen molar-refractivity contribution in [1.29, 1.82) is 0 Å². The number of nitrogens with zero attached hydrogens (tertiary/aromatic N) is 1. The molecule has 2 aromatic carbocycles. The summed E-state index contributed by atoms with van der Waals surface area (Å²) in [6.07, 6.45) is -0.848. The minimum absolute atomic E-state index is 0.0399. The Morgan fingerprint density at radius 1 is 1.15 bits per heavy atom. The van der Waals surface area contributed by atoms with E-state index in [9.17, 15) is 18.4 Å². The molecular formula is C18H14F2N2O4. The SMILES string of the molecule is CC(OC(=O)c1cccc(OC(F)F)c1)c1nc2ccccc2c(=O)[nH]1. The Hall–Kier alpha value is -3.29. The molecule has 0 saturated heterocycles. The molecule has 1 N–H and O–H groups in total. The summed E-state index contributed by atoms with van der Waals surface area (Å²) in [5.74, 6) is -0.727. The molecule has 8 heteroatoms. The van der Waals surface area contributed by atoms with Gasteiger partial charge in [-0.2, -0.15) is 8.78 Å². The van der Waals surface area contributed by atoms with Crippen molar-refractivity contribution in [3.8, 4) is 5.75 Å². The first kappa shape index (κ1) is 17.5. The van der Waals surface area contributed by atoms with Gasteiger partial charge in [-0.1, -0.05) is 18.2 Å². The van der Waals surface area contributed by atoms with Crippen molar-refractivity contribution in [2.24, 2.45) is 0 Å². The van der Waals surface area contributed by atoms with Gasteiger partial charge in [0.1, 0.15) is 5.75 Å². The Bertz CT molecular complexity index is 1000. The number of nitrogens with one attached hydrogen (secondary N) is 1. The van der Waals surface area contributed by atoms with Gasteiger partial charge >= 0.3 is 12.6 Å². The first-order chi connectivity index (χ1) is 12.4. The van der Waals surface area contributed by atoms with Gasteiger partial charge in [0.25, 0.3) is 5.56 Å². The predicted octanol–water partition coefficient (Wildman–Crippen LogP) is 3.44. The molecule has 0 saturated carbocycles. The minimum atomic E-state index is -2.99. The summed E-state index contributed by atoms with van der Waals surface area (Å²) in [5, 5.41) is 0.423. The maximum Gasteiger partial charge on any atom is 0.387 e. The smallest absolute Gasteiger partial charge is 0.387 e. The van der Waals surface area contributed by atoms with Crippen LogP contribution in [-0.4, -0.2) is 22.5 Å². The van der Waals surface area contributed by atoms with E-state index in [0.717, 1.165) is 6.07 Å². The van der Waals surface area contributed by atoms with E-state index < -0.39 is 18.7 Å². The molecule has 3 rings (SSSR count). The molecule has 0 bridgehead atoms. The summed E-state index contributed by atoms with van der Waals surface area (Å²) in [6, 6.07) is 12.0. The number of halogens is 2. The molecule has 0 fully saturated rings. The van der Waals surface area contributed by atoms with Crippen LogP contribution in [0.5, 0.6) is 5.75 Å².